The Morgan fingerprint density at radius 1 is 1.37 bits per heavy atom. The van der Waals surface area contributed by atoms with Gasteiger partial charge in [-0.2, -0.15) is 0 Å². The van der Waals surface area contributed by atoms with Crippen molar-refractivity contribution in [1.82, 2.24) is 14.9 Å². The highest BCUT2D eigenvalue weighted by atomic mass is 32.1. The number of hydrogen-bond donors (Lipinski definition) is 1. The third-order valence-corrected chi connectivity index (χ3v) is 5.36. The summed E-state index contributed by atoms with van der Waals surface area (Å²) in [7, 11) is 0. The first-order valence-corrected chi connectivity index (χ1v) is 9.86. The number of carbonyl (C=O) groups is 1. The van der Waals surface area contributed by atoms with Crippen molar-refractivity contribution in [2.75, 3.05) is 11.9 Å². The zero-order valence-corrected chi connectivity index (χ0v) is 16.7. The highest BCUT2D eigenvalue weighted by molar-refractivity contribution is 7.13. The SMILES string of the molecule is C[C@H]1CCCN1C(=O)c1ncsc1-c1cnc(NC(C)(C)C)cc1C(F)F. The number of likely N-dealkylation sites (tertiary alicyclic amines) is 1. The van der Waals surface area contributed by atoms with E-state index in [1.54, 1.807) is 4.90 Å². The molecule has 2 aromatic heterocycles. The first-order chi connectivity index (χ1) is 12.7. The van der Waals surface area contributed by atoms with Gasteiger partial charge in [-0.1, -0.05) is 0 Å². The van der Waals surface area contributed by atoms with Crippen LogP contribution in [0, 0.1) is 0 Å². The normalized spacial score (nSPS) is 17.6. The van der Waals surface area contributed by atoms with Gasteiger partial charge in [0.25, 0.3) is 12.3 Å². The lowest BCUT2D eigenvalue weighted by Gasteiger charge is -2.23. The number of halogens is 2. The summed E-state index contributed by atoms with van der Waals surface area (Å²) in [6, 6.07) is 1.50. The quantitative estimate of drug-likeness (QED) is 0.795. The molecule has 1 aliphatic heterocycles. The van der Waals surface area contributed by atoms with Crippen LogP contribution in [-0.2, 0) is 0 Å². The van der Waals surface area contributed by atoms with Gasteiger partial charge in [0.2, 0.25) is 0 Å². The Kier molecular flexibility index (Phi) is 5.46. The van der Waals surface area contributed by atoms with Crippen molar-refractivity contribution in [3.05, 3.63) is 29.0 Å². The first kappa shape index (κ1) is 19.7. The fraction of sp³-hybridized carbons (Fsp3) is 0.526. The number of thiazole rings is 1. The van der Waals surface area contributed by atoms with Crippen LogP contribution < -0.4 is 5.32 Å². The van der Waals surface area contributed by atoms with Gasteiger partial charge in [-0.05, 0) is 46.6 Å². The molecule has 0 aromatic carbocycles. The van der Waals surface area contributed by atoms with Gasteiger partial charge in [0.15, 0.2) is 0 Å². The number of carbonyl (C=O) groups excluding carboxylic acids is 1. The minimum absolute atomic E-state index is 0.137. The van der Waals surface area contributed by atoms with Crippen LogP contribution in [0.5, 0.6) is 0 Å². The van der Waals surface area contributed by atoms with Gasteiger partial charge in [-0.3, -0.25) is 4.79 Å². The Labute approximate surface area is 161 Å². The summed E-state index contributed by atoms with van der Waals surface area (Å²) in [6.45, 7) is 8.47. The summed E-state index contributed by atoms with van der Waals surface area (Å²) in [5.41, 5.74) is 1.58. The van der Waals surface area contributed by atoms with Gasteiger partial charge in [0.1, 0.15) is 11.5 Å². The molecule has 3 heterocycles. The molecule has 0 aliphatic carbocycles. The molecular weight excluding hydrogens is 370 g/mol. The molecule has 0 saturated carbocycles. The lowest BCUT2D eigenvalue weighted by molar-refractivity contribution is 0.0743. The lowest BCUT2D eigenvalue weighted by Crippen LogP contribution is -2.34. The second kappa shape index (κ2) is 7.50. The third-order valence-electron chi connectivity index (χ3n) is 4.50. The maximum absolute atomic E-state index is 13.8. The van der Waals surface area contributed by atoms with Gasteiger partial charge in [-0.25, -0.2) is 18.7 Å². The number of amides is 1. The first-order valence-electron chi connectivity index (χ1n) is 8.98. The molecule has 0 unspecified atom stereocenters. The van der Waals surface area contributed by atoms with E-state index in [2.05, 4.69) is 15.3 Å². The van der Waals surface area contributed by atoms with Gasteiger partial charge in [0, 0.05) is 35.4 Å². The van der Waals surface area contributed by atoms with Crippen molar-refractivity contribution in [2.45, 2.75) is 58.5 Å². The molecule has 146 valence electrons. The van der Waals surface area contributed by atoms with E-state index < -0.39 is 6.43 Å². The van der Waals surface area contributed by atoms with E-state index in [9.17, 15) is 13.6 Å². The molecule has 1 aliphatic rings. The van der Waals surface area contributed by atoms with Crippen LogP contribution >= 0.6 is 11.3 Å². The molecule has 1 N–H and O–H groups in total. The van der Waals surface area contributed by atoms with Crippen LogP contribution in [0.25, 0.3) is 10.4 Å². The monoisotopic (exact) mass is 394 g/mol. The van der Waals surface area contributed by atoms with E-state index in [-0.39, 0.29) is 34.3 Å². The van der Waals surface area contributed by atoms with Crippen molar-refractivity contribution < 1.29 is 13.6 Å². The van der Waals surface area contributed by atoms with Crippen LogP contribution in [-0.4, -0.2) is 38.9 Å². The van der Waals surface area contributed by atoms with Crippen LogP contribution in [0.4, 0.5) is 14.6 Å². The van der Waals surface area contributed by atoms with Crippen molar-refractivity contribution in [3.63, 3.8) is 0 Å². The molecule has 1 fully saturated rings. The zero-order chi connectivity index (χ0) is 19.8. The second-order valence-electron chi connectivity index (χ2n) is 7.85. The fourth-order valence-electron chi connectivity index (χ4n) is 3.25. The number of rotatable bonds is 4. The molecule has 0 bridgehead atoms. The lowest BCUT2D eigenvalue weighted by atomic mass is 10.1. The molecule has 27 heavy (non-hydrogen) atoms. The maximum Gasteiger partial charge on any atom is 0.274 e. The summed E-state index contributed by atoms with van der Waals surface area (Å²) in [5.74, 6) is 0.181. The topological polar surface area (TPSA) is 58.1 Å². The zero-order valence-electron chi connectivity index (χ0n) is 15.9. The number of pyridine rings is 1. The van der Waals surface area contributed by atoms with Crippen LogP contribution in [0.1, 0.15) is 63.0 Å². The highest BCUT2D eigenvalue weighted by Crippen LogP contribution is 2.37. The van der Waals surface area contributed by atoms with Crippen molar-refractivity contribution >= 4 is 23.1 Å². The van der Waals surface area contributed by atoms with Gasteiger partial charge < -0.3 is 10.2 Å². The molecular formula is C19H24F2N4OS. The summed E-state index contributed by atoms with van der Waals surface area (Å²) in [6.07, 6.45) is 0.623. The van der Waals surface area contributed by atoms with E-state index in [0.717, 1.165) is 12.8 Å². The Morgan fingerprint density at radius 2 is 2.11 bits per heavy atom. The van der Waals surface area contributed by atoms with Crippen LogP contribution in [0.3, 0.4) is 0 Å². The van der Waals surface area contributed by atoms with E-state index in [0.29, 0.717) is 17.2 Å². The summed E-state index contributed by atoms with van der Waals surface area (Å²) >= 11 is 1.19. The molecule has 2 aromatic rings. The number of nitrogens with one attached hydrogen (secondary N) is 1. The molecule has 1 atom stereocenters. The van der Waals surface area contributed by atoms with Gasteiger partial charge >= 0.3 is 0 Å². The number of aromatic nitrogens is 2. The largest absolute Gasteiger partial charge is 0.365 e. The maximum atomic E-state index is 13.8. The van der Waals surface area contributed by atoms with E-state index in [1.807, 2.05) is 27.7 Å². The molecule has 5 nitrogen and oxygen atoms in total. The van der Waals surface area contributed by atoms with E-state index in [1.165, 1.54) is 29.1 Å². The van der Waals surface area contributed by atoms with Crippen molar-refractivity contribution in [2.24, 2.45) is 0 Å². The predicted molar refractivity (Wildman–Crippen MR) is 103 cm³/mol. The minimum Gasteiger partial charge on any atom is -0.365 e. The average Bonchev–Trinajstić information content (AvgIpc) is 3.21. The van der Waals surface area contributed by atoms with E-state index >= 15 is 0 Å². The fourth-order valence-corrected chi connectivity index (χ4v) is 4.07. The van der Waals surface area contributed by atoms with Gasteiger partial charge in [-0.15, -0.1) is 11.3 Å². The number of nitrogens with zero attached hydrogens (tertiary/aromatic N) is 3. The summed E-state index contributed by atoms with van der Waals surface area (Å²) in [4.78, 5) is 23.6. The number of hydrogen-bond acceptors (Lipinski definition) is 5. The Balaban J connectivity index is 2.00. The summed E-state index contributed by atoms with van der Waals surface area (Å²) in [5, 5.41) is 3.11. The molecule has 8 heteroatoms. The number of alkyl halides is 2. The van der Waals surface area contributed by atoms with Crippen molar-refractivity contribution in [1.29, 1.82) is 0 Å². The Hall–Kier alpha value is -2.09. The van der Waals surface area contributed by atoms with E-state index in [4.69, 9.17) is 0 Å². The van der Waals surface area contributed by atoms with Crippen LogP contribution in [0.2, 0.25) is 0 Å². The Morgan fingerprint density at radius 3 is 2.70 bits per heavy atom. The summed E-state index contributed by atoms with van der Waals surface area (Å²) < 4.78 is 27.5. The average molecular weight is 394 g/mol. The standard InChI is InChI=1S/C19H24F2N4OS/c1-11-6-5-7-25(11)18(26)15-16(27-10-23-15)13-9-22-14(24-19(2,3)4)8-12(13)17(20)21/h8-11,17H,5-7H2,1-4H3,(H,22,24)/t11-/m0/s1. The molecule has 3 rings (SSSR count). The predicted octanol–water partition coefficient (Wildman–Crippen LogP) is 4.98. The van der Waals surface area contributed by atoms with Gasteiger partial charge in [0.05, 0.1) is 10.4 Å². The van der Waals surface area contributed by atoms with Crippen molar-refractivity contribution in [3.8, 4) is 10.4 Å². The smallest absolute Gasteiger partial charge is 0.274 e. The highest BCUT2D eigenvalue weighted by Gasteiger charge is 2.30. The molecule has 0 radical (unpaired) electrons. The third kappa shape index (κ3) is 4.26. The minimum atomic E-state index is -2.68. The molecule has 1 saturated heterocycles. The Bertz CT molecular complexity index is 831. The second-order valence-corrected chi connectivity index (χ2v) is 8.71. The molecule has 0 spiro atoms. The molecule has 1 amide bonds. The number of anilines is 1. The van der Waals surface area contributed by atoms with Crippen LogP contribution in [0.15, 0.2) is 17.8 Å².